The van der Waals surface area contributed by atoms with Crippen LogP contribution in [0, 0.1) is 0 Å². The summed E-state index contributed by atoms with van der Waals surface area (Å²) in [4.78, 5) is 34.9. The van der Waals surface area contributed by atoms with E-state index in [0.29, 0.717) is 63.4 Å². The first-order valence-electron chi connectivity index (χ1n) is 13.1. The van der Waals surface area contributed by atoms with Crippen molar-refractivity contribution in [2.75, 3.05) is 70.5 Å². The van der Waals surface area contributed by atoms with E-state index < -0.39 is 5.91 Å². The topological polar surface area (TPSA) is 118 Å². The standard InChI is InChI=1S/C27H39N5O6/c1-27(2)18-37-14-10-32(27)16-19-5-6-22(21(15-19)24(33)28-20-7-11-36-12-8-20)29-25(34)23-17-38-26(30-23)31(3)9-13-35-4/h5-6,15,17,20H,7-14,16,18H2,1-4H3,(H,28,33)(H,29,34). The van der Waals surface area contributed by atoms with Crippen molar-refractivity contribution in [2.45, 2.75) is 44.8 Å². The monoisotopic (exact) mass is 529 g/mol. The van der Waals surface area contributed by atoms with Crippen LogP contribution in [-0.4, -0.2) is 93.6 Å². The minimum atomic E-state index is -0.456. The molecule has 11 heteroatoms. The van der Waals surface area contributed by atoms with E-state index in [4.69, 9.17) is 18.6 Å². The van der Waals surface area contributed by atoms with Gasteiger partial charge in [0.25, 0.3) is 17.8 Å². The lowest BCUT2D eigenvalue weighted by molar-refractivity contribution is -0.0552. The molecular formula is C27H39N5O6. The normalized spacial score (nSPS) is 18.2. The molecule has 38 heavy (non-hydrogen) atoms. The van der Waals surface area contributed by atoms with Crippen molar-refractivity contribution < 1.29 is 28.2 Å². The molecule has 0 saturated carbocycles. The first kappa shape index (κ1) is 28.0. The molecule has 2 aromatic rings. The second kappa shape index (κ2) is 12.7. The maximum Gasteiger partial charge on any atom is 0.297 e. The number of hydrogen-bond donors (Lipinski definition) is 2. The van der Waals surface area contributed by atoms with Crippen LogP contribution in [0.1, 0.15) is 53.1 Å². The van der Waals surface area contributed by atoms with Gasteiger partial charge in [0.05, 0.1) is 31.1 Å². The molecule has 0 spiro atoms. The highest BCUT2D eigenvalue weighted by Crippen LogP contribution is 2.25. The molecule has 2 N–H and O–H groups in total. The summed E-state index contributed by atoms with van der Waals surface area (Å²) in [5.41, 5.74) is 1.82. The van der Waals surface area contributed by atoms with E-state index in [1.807, 2.05) is 12.1 Å². The Balaban J connectivity index is 1.53. The van der Waals surface area contributed by atoms with E-state index in [0.717, 1.165) is 24.9 Å². The second-order valence-electron chi connectivity index (χ2n) is 10.4. The number of carbonyl (C=O) groups is 2. The number of oxazole rings is 1. The van der Waals surface area contributed by atoms with Crippen molar-refractivity contribution in [1.82, 2.24) is 15.2 Å². The Kier molecular flexibility index (Phi) is 9.37. The number of hydrogen-bond acceptors (Lipinski definition) is 9. The van der Waals surface area contributed by atoms with Gasteiger partial charge in [0.2, 0.25) is 0 Å². The maximum atomic E-state index is 13.4. The zero-order valence-electron chi connectivity index (χ0n) is 22.7. The molecule has 0 unspecified atom stereocenters. The van der Waals surface area contributed by atoms with Gasteiger partial charge in [-0.05, 0) is 44.4 Å². The average Bonchev–Trinajstić information content (AvgIpc) is 3.40. The minimum Gasteiger partial charge on any atom is -0.431 e. The van der Waals surface area contributed by atoms with E-state index in [1.165, 1.54) is 6.26 Å². The van der Waals surface area contributed by atoms with Crippen molar-refractivity contribution >= 4 is 23.5 Å². The third-order valence-corrected chi connectivity index (χ3v) is 7.01. The lowest BCUT2D eigenvalue weighted by Crippen LogP contribution is -2.52. The summed E-state index contributed by atoms with van der Waals surface area (Å²) in [6.45, 7) is 9.41. The van der Waals surface area contributed by atoms with Gasteiger partial charge < -0.3 is 34.2 Å². The highest BCUT2D eigenvalue weighted by Gasteiger charge is 2.31. The van der Waals surface area contributed by atoms with Crippen LogP contribution in [0.25, 0.3) is 0 Å². The smallest absolute Gasteiger partial charge is 0.297 e. The van der Waals surface area contributed by atoms with Gasteiger partial charge in [-0.3, -0.25) is 14.5 Å². The molecule has 2 amide bonds. The molecule has 2 aliphatic heterocycles. The Morgan fingerprint density at radius 3 is 2.71 bits per heavy atom. The number of aromatic nitrogens is 1. The van der Waals surface area contributed by atoms with Gasteiger partial charge in [0.15, 0.2) is 5.69 Å². The fourth-order valence-electron chi connectivity index (χ4n) is 4.55. The highest BCUT2D eigenvalue weighted by molar-refractivity contribution is 6.08. The van der Waals surface area contributed by atoms with Crippen LogP contribution in [0.2, 0.25) is 0 Å². The maximum absolute atomic E-state index is 13.4. The van der Waals surface area contributed by atoms with Crippen molar-refractivity contribution in [1.29, 1.82) is 0 Å². The molecule has 0 radical (unpaired) electrons. The van der Waals surface area contributed by atoms with Crippen LogP contribution < -0.4 is 15.5 Å². The molecule has 3 heterocycles. The third kappa shape index (κ3) is 7.10. The van der Waals surface area contributed by atoms with Crippen LogP contribution >= 0.6 is 0 Å². The SMILES string of the molecule is COCCN(C)c1nc(C(=O)Nc2ccc(CN3CCOCC3(C)C)cc2C(=O)NC2CCOCC2)co1. The number of amides is 2. The molecule has 0 aliphatic carbocycles. The van der Waals surface area contributed by atoms with Crippen molar-refractivity contribution in [3.8, 4) is 0 Å². The second-order valence-corrected chi connectivity index (χ2v) is 10.4. The Labute approximate surface area is 223 Å². The van der Waals surface area contributed by atoms with E-state index in [2.05, 4.69) is 34.4 Å². The minimum absolute atomic E-state index is 0.0300. The quantitative estimate of drug-likeness (QED) is 0.479. The van der Waals surface area contributed by atoms with E-state index >= 15 is 0 Å². The lowest BCUT2D eigenvalue weighted by atomic mass is 10.00. The molecule has 1 aromatic heterocycles. The predicted molar refractivity (Wildman–Crippen MR) is 143 cm³/mol. The van der Waals surface area contributed by atoms with Crippen LogP contribution in [0.15, 0.2) is 28.9 Å². The summed E-state index contributed by atoms with van der Waals surface area (Å²) < 4.78 is 21.6. The number of anilines is 2. The van der Waals surface area contributed by atoms with E-state index in [9.17, 15) is 9.59 Å². The van der Waals surface area contributed by atoms with Crippen molar-refractivity contribution in [3.05, 3.63) is 41.3 Å². The Hall–Kier alpha value is -2.99. The van der Waals surface area contributed by atoms with Crippen LogP contribution in [-0.2, 0) is 20.8 Å². The summed E-state index contributed by atoms with van der Waals surface area (Å²) in [6, 6.07) is 5.93. The van der Waals surface area contributed by atoms with Gasteiger partial charge >= 0.3 is 0 Å². The van der Waals surface area contributed by atoms with Gasteiger partial charge in [0, 0.05) is 58.6 Å². The fourth-order valence-corrected chi connectivity index (χ4v) is 4.55. The van der Waals surface area contributed by atoms with Gasteiger partial charge in [-0.15, -0.1) is 0 Å². The van der Waals surface area contributed by atoms with E-state index in [1.54, 1.807) is 25.1 Å². The molecule has 0 atom stereocenters. The number of likely N-dealkylation sites (N-methyl/N-ethyl adjacent to an activating group) is 1. The number of nitrogens with one attached hydrogen (secondary N) is 2. The van der Waals surface area contributed by atoms with Crippen LogP contribution in [0.3, 0.4) is 0 Å². The largest absolute Gasteiger partial charge is 0.431 e. The average molecular weight is 530 g/mol. The molecule has 11 nitrogen and oxygen atoms in total. The van der Waals surface area contributed by atoms with E-state index in [-0.39, 0.29) is 23.2 Å². The number of nitrogens with zero attached hydrogens (tertiary/aromatic N) is 3. The molecule has 4 rings (SSSR count). The molecule has 0 bridgehead atoms. The predicted octanol–water partition coefficient (Wildman–Crippen LogP) is 2.53. The van der Waals surface area contributed by atoms with Gasteiger partial charge in [-0.1, -0.05) is 6.07 Å². The zero-order valence-corrected chi connectivity index (χ0v) is 22.7. The number of methoxy groups -OCH3 is 1. The van der Waals surface area contributed by atoms with Gasteiger partial charge in [0.1, 0.15) is 6.26 Å². The van der Waals surface area contributed by atoms with Crippen molar-refractivity contribution in [3.63, 3.8) is 0 Å². The molecule has 2 aliphatic rings. The number of carbonyl (C=O) groups excluding carboxylic acids is 2. The summed E-state index contributed by atoms with van der Waals surface area (Å²) >= 11 is 0. The Morgan fingerprint density at radius 2 is 1.97 bits per heavy atom. The first-order valence-corrected chi connectivity index (χ1v) is 13.1. The summed E-state index contributed by atoms with van der Waals surface area (Å²) in [5.74, 6) is -0.683. The lowest BCUT2D eigenvalue weighted by Gasteiger charge is -2.42. The highest BCUT2D eigenvalue weighted by atomic mass is 16.5. The van der Waals surface area contributed by atoms with Crippen LogP contribution in [0.4, 0.5) is 11.7 Å². The molecule has 2 fully saturated rings. The number of benzene rings is 1. The number of rotatable bonds is 10. The number of morpholine rings is 1. The molecular weight excluding hydrogens is 490 g/mol. The summed E-state index contributed by atoms with van der Waals surface area (Å²) in [7, 11) is 3.42. The number of ether oxygens (including phenoxy) is 3. The Morgan fingerprint density at radius 1 is 1.18 bits per heavy atom. The van der Waals surface area contributed by atoms with Gasteiger partial charge in [-0.2, -0.15) is 4.98 Å². The molecule has 208 valence electrons. The van der Waals surface area contributed by atoms with Crippen molar-refractivity contribution in [2.24, 2.45) is 0 Å². The molecule has 1 aromatic carbocycles. The molecule has 2 saturated heterocycles. The fraction of sp³-hybridized carbons (Fsp3) is 0.593. The summed E-state index contributed by atoms with van der Waals surface area (Å²) in [5, 5.41) is 5.98. The third-order valence-electron chi connectivity index (χ3n) is 7.01. The summed E-state index contributed by atoms with van der Waals surface area (Å²) in [6.07, 6.45) is 2.82. The Bertz CT molecular complexity index is 1100. The first-order chi connectivity index (χ1) is 18.3. The van der Waals surface area contributed by atoms with Gasteiger partial charge in [-0.25, -0.2) is 0 Å². The van der Waals surface area contributed by atoms with Crippen LogP contribution in [0.5, 0.6) is 0 Å². The zero-order chi connectivity index (χ0) is 27.1.